The van der Waals surface area contributed by atoms with E-state index in [0.29, 0.717) is 0 Å². The fraction of sp³-hybridized carbons (Fsp3) is 0. The van der Waals surface area contributed by atoms with E-state index in [9.17, 15) is 0 Å². The van der Waals surface area contributed by atoms with E-state index in [1.165, 1.54) is 0 Å². The SMILES string of the molecule is [B].[Ga+3].[In+3].[O-2].[O-2].[O-2].[O-2].[Zn+2]. The van der Waals surface area contributed by atoms with Gasteiger partial charge in [-0.1, -0.05) is 0 Å². The molecule has 0 saturated heterocycles. The molecule has 0 aliphatic heterocycles. The van der Waals surface area contributed by atoms with Gasteiger partial charge in [-0.25, -0.2) is 0 Å². The molecule has 8 heteroatoms. The minimum atomic E-state index is 0. The summed E-state index contributed by atoms with van der Waals surface area (Å²) < 4.78 is 0. The van der Waals surface area contributed by atoms with E-state index in [1.54, 1.807) is 0 Å². The molecule has 0 amide bonds. The van der Waals surface area contributed by atoms with Gasteiger partial charge in [0.05, 0.1) is 0 Å². The Morgan fingerprint density at radius 3 is 0.625 bits per heavy atom. The molecule has 0 unspecified atom stereocenters. The van der Waals surface area contributed by atoms with Gasteiger partial charge in [-0.2, -0.15) is 0 Å². The molecular weight excluding hydrogens is 325 g/mol. The second-order valence-electron chi connectivity index (χ2n) is 0. The Hall–Kier alpha value is 2.03. The first-order chi connectivity index (χ1) is 0. The standard InChI is InChI=1S/B.Ga.In.4O.Zn/q;2*+3;4*-2;+2. The molecule has 3 radical (unpaired) electrons. The van der Waals surface area contributed by atoms with Crippen molar-refractivity contribution in [1.29, 1.82) is 0 Å². The molecule has 0 saturated carbocycles. The Kier molecular flexibility index (Phi) is 3480. The van der Waals surface area contributed by atoms with Crippen molar-refractivity contribution in [3.05, 3.63) is 0 Å². The van der Waals surface area contributed by atoms with Crippen LogP contribution < -0.4 is 0 Å². The molecule has 4 nitrogen and oxygen atoms in total. The average Bonchev–Trinajstić information content (AvgIpc) is 0. The van der Waals surface area contributed by atoms with Crippen LogP contribution in [0.25, 0.3) is 0 Å². The van der Waals surface area contributed by atoms with Gasteiger partial charge in [0.2, 0.25) is 0 Å². The predicted molar refractivity (Wildman–Crippen MR) is 20.0 cm³/mol. The Bertz CT molecular complexity index is 16.0. The smallest absolute Gasteiger partial charge is 2.00 e. The molecule has 0 spiro atoms. The van der Waals surface area contributed by atoms with Crippen molar-refractivity contribution in [2.24, 2.45) is 0 Å². The van der Waals surface area contributed by atoms with Gasteiger partial charge in [0, 0.05) is 8.41 Å². The zero-order valence-electron chi connectivity index (χ0n) is 4.07. The van der Waals surface area contributed by atoms with E-state index in [1.807, 2.05) is 0 Å². The van der Waals surface area contributed by atoms with Gasteiger partial charge in [-0.15, -0.1) is 0 Å². The largest absolute Gasteiger partial charge is 3.00 e. The van der Waals surface area contributed by atoms with E-state index >= 15 is 0 Å². The molecule has 0 aromatic heterocycles. The fourth-order valence-corrected chi connectivity index (χ4v) is 0. The quantitative estimate of drug-likeness (QED) is 0.477. The predicted octanol–water partition coefficient (Wildman–Crippen LogP) is -1.62. The third kappa shape index (κ3) is 96.0. The number of rotatable bonds is 0. The summed E-state index contributed by atoms with van der Waals surface area (Å²) in [5.41, 5.74) is 0. The zero-order chi connectivity index (χ0) is 0. The van der Waals surface area contributed by atoms with Crippen LogP contribution in [0, 0.1) is 0 Å². The van der Waals surface area contributed by atoms with E-state index in [2.05, 4.69) is 0 Å². The minimum absolute atomic E-state index is 0. The normalized spacial score (nSPS) is 0. The van der Waals surface area contributed by atoms with E-state index < -0.39 is 0 Å². The van der Waals surface area contributed by atoms with Crippen molar-refractivity contribution >= 4 is 54.0 Å². The van der Waals surface area contributed by atoms with Gasteiger partial charge in [0.15, 0.2) is 0 Å². The Balaban J connectivity index is 0. The fourth-order valence-electron chi connectivity index (χ4n) is 0. The Morgan fingerprint density at radius 1 is 0.625 bits per heavy atom. The molecule has 8 heavy (non-hydrogen) atoms. The summed E-state index contributed by atoms with van der Waals surface area (Å²) in [6.07, 6.45) is 0. The summed E-state index contributed by atoms with van der Waals surface area (Å²) in [6, 6.07) is 0. The maximum atomic E-state index is 0. The van der Waals surface area contributed by atoms with Crippen LogP contribution in [-0.2, 0) is 41.4 Å². The summed E-state index contributed by atoms with van der Waals surface area (Å²) in [6.45, 7) is 0. The molecule has 35 valence electrons. The summed E-state index contributed by atoms with van der Waals surface area (Å²) in [4.78, 5) is 0. The summed E-state index contributed by atoms with van der Waals surface area (Å²) in [7, 11) is 0. The van der Waals surface area contributed by atoms with Crippen molar-refractivity contribution < 1.29 is 41.4 Å². The van der Waals surface area contributed by atoms with Crippen LogP contribution in [0.2, 0.25) is 0 Å². The van der Waals surface area contributed by atoms with Crippen molar-refractivity contribution in [1.82, 2.24) is 0 Å². The monoisotopic (exact) mass is 323 g/mol. The topological polar surface area (TPSA) is 114 Å². The Morgan fingerprint density at radius 2 is 0.625 bits per heavy atom. The first kappa shape index (κ1) is 198. The van der Waals surface area contributed by atoms with E-state index in [0.717, 1.165) is 0 Å². The van der Waals surface area contributed by atoms with Crippen LogP contribution >= 0.6 is 0 Å². The summed E-state index contributed by atoms with van der Waals surface area (Å²) in [5.74, 6) is 0. The maximum Gasteiger partial charge on any atom is 3.00 e. The van der Waals surface area contributed by atoms with Gasteiger partial charge in [0.25, 0.3) is 0 Å². The van der Waals surface area contributed by atoms with Crippen molar-refractivity contribution in [3.63, 3.8) is 0 Å². The third-order valence-electron chi connectivity index (χ3n) is 0. The van der Waals surface area contributed by atoms with Crippen LogP contribution in [0.4, 0.5) is 0 Å². The zero-order valence-corrected chi connectivity index (χ0v) is 12.8. The molecule has 0 aliphatic carbocycles. The van der Waals surface area contributed by atoms with Gasteiger partial charge in [-0.05, 0) is 0 Å². The van der Waals surface area contributed by atoms with Crippen LogP contribution in [0.1, 0.15) is 0 Å². The van der Waals surface area contributed by atoms with Gasteiger partial charge in [0.1, 0.15) is 0 Å². The molecule has 0 heterocycles. The van der Waals surface area contributed by atoms with Crippen LogP contribution in [0.3, 0.4) is 0 Å². The van der Waals surface area contributed by atoms with Crippen molar-refractivity contribution in [3.8, 4) is 0 Å². The molecule has 0 aromatic rings. The first-order valence-electron chi connectivity index (χ1n) is 0. The molecule has 0 fully saturated rings. The first-order valence-corrected chi connectivity index (χ1v) is 0. The van der Waals surface area contributed by atoms with Gasteiger partial charge >= 0.3 is 65.1 Å². The molecular formula is BGaInO4Zn. The third-order valence-corrected chi connectivity index (χ3v) is 0. The Labute approximate surface area is 94.6 Å². The summed E-state index contributed by atoms with van der Waals surface area (Å²) in [5, 5.41) is 0. The molecule has 0 rings (SSSR count). The molecule has 0 bridgehead atoms. The van der Waals surface area contributed by atoms with Gasteiger partial charge < -0.3 is 21.9 Å². The van der Waals surface area contributed by atoms with Crippen LogP contribution in [0.5, 0.6) is 0 Å². The van der Waals surface area contributed by atoms with E-state index in [-0.39, 0.29) is 95.4 Å². The van der Waals surface area contributed by atoms with Crippen molar-refractivity contribution in [2.45, 2.75) is 0 Å². The number of hydrogen-bond acceptors (Lipinski definition) is 0. The molecule has 0 atom stereocenters. The van der Waals surface area contributed by atoms with Crippen LogP contribution in [-0.4, -0.2) is 54.0 Å². The van der Waals surface area contributed by atoms with Crippen molar-refractivity contribution in [2.75, 3.05) is 0 Å². The molecule has 0 N–H and O–H groups in total. The van der Waals surface area contributed by atoms with Crippen LogP contribution in [0.15, 0.2) is 0 Å². The van der Waals surface area contributed by atoms with E-state index in [4.69, 9.17) is 0 Å². The average molecular weight is 325 g/mol. The minimum Gasteiger partial charge on any atom is -2.00 e. The summed E-state index contributed by atoms with van der Waals surface area (Å²) >= 11 is 0. The second kappa shape index (κ2) is 141. The number of hydrogen-bond donors (Lipinski definition) is 0. The second-order valence-corrected chi connectivity index (χ2v) is 0. The molecule has 0 aliphatic rings. The molecule has 0 aromatic carbocycles. The maximum absolute atomic E-state index is 0. The van der Waals surface area contributed by atoms with Gasteiger partial charge in [-0.3, -0.25) is 0 Å².